The number of benzene rings is 2. The Labute approximate surface area is 215 Å². The quantitative estimate of drug-likeness (QED) is 0.431. The minimum atomic E-state index is -1.30. The highest BCUT2D eigenvalue weighted by Crippen LogP contribution is 2.26. The Morgan fingerprint density at radius 3 is 2.17 bits per heavy atom. The second kappa shape index (κ2) is 11.2. The van der Waals surface area contributed by atoms with Crippen LogP contribution in [0.15, 0.2) is 48.5 Å². The number of hydrogen-bond donors (Lipinski definition) is 1. The molecule has 0 spiro atoms. The average Bonchev–Trinajstić information content (AvgIpc) is 3.09. The van der Waals surface area contributed by atoms with Crippen LogP contribution in [0.2, 0.25) is 0 Å². The lowest BCUT2D eigenvalue weighted by Crippen LogP contribution is -2.37. The molecule has 1 heterocycles. The number of carbonyl (C=O) groups is 2. The molecule has 0 radical (unpaired) electrons. The minimum absolute atomic E-state index is 0.0873. The van der Waals surface area contributed by atoms with Crippen molar-refractivity contribution >= 4 is 12.0 Å². The topological polar surface area (TPSA) is 79.3 Å². The van der Waals surface area contributed by atoms with E-state index >= 15 is 0 Å². The number of rotatable bonds is 11. The number of ether oxygens (including phenoxy) is 2. The molecule has 7 heteroatoms. The van der Waals surface area contributed by atoms with Crippen LogP contribution in [0.3, 0.4) is 0 Å². The van der Waals surface area contributed by atoms with Gasteiger partial charge in [-0.2, -0.15) is 0 Å². The molecule has 2 amide bonds. The first kappa shape index (κ1) is 27.4. The van der Waals surface area contributed by atoms with E-state index in [1.807, 2.05) is 9.80 Å². The first-order valence-corrected chi connectivity index (χ1v) is 12.7. The van der Waals surface area contributed by atoms with E-state index < -0.39 is 11.6 Å². The van der Waals surface area contributed by atoms with Crippen LogP contribution in [0.1, 0.15) is 65.5 Å². The molecule has 0 bridgehead atoms. The molecule has 1 unspecified atom stereocenters. The number of hydrogen-bond acceptors (Lipinski definition) is 4. The Morgan fingerprint density at radius 1 is 1.00 bits per heavy atom. The molecule has 0 aromatic heterocycles. The highest BCUT2D eigenvalue weighted by Gasteiger charge is 2.36. The maximum Gasteiger partial charge on any atom is 0.347 e. The molecule has 3 rings (SSSR count). The van der Waals surface area contributed by atoms with Crippen LogP contribution in [-0.4, -0.2) is 58.2 Å². The number of carbonyl (C=O) groups excluding carboxylic acids is 1. The van der Waals surface area contributed by atoms with Gasteiger partial charge in [-0.3, -0.25) is 0 Å². The zero-order valence-electron chi connectivity index (χ0n) is 22.4. The molecule has 2 aromatic carbocycles. The van der Waals surface area contributed by atoms with Gasteiger partial charge in [0.05, 0.1) is 12.6 Å². The molecule has 36 heavy (non-hydrogen) atoms. The number of urea groups is 1. The van der Waals surface area contributed by atoms with Crippen molar-refractivity contribution in [2.24, 2.45) is 0 Å². The summed E-state index contributed by atoms with van der Waals surface area (Å²) >= 11 is 0. The molecule has 0 aliphatic carbocycles. The molecule has 196 valence electrons. The van der Waals surface area contributed by atoms with Gasteiger partial charge in [0.15, 0.2) is 5.60 Å². The van der Waals surface area contributed by atoms with E-state index in [1.165, 1.54) is 19.4 Å². The summed E-state index contributed by atoms with van der Waals surface area (Å²) < 4.78 is 11.5. The van der Waals surface area contributed by atoms with E-state index in [1.54, 1.807) is 24.3 Å². The van der Waals surface area contributed by atoms with Gasteiger partial charge in [0, 0.05) is 26.1 Å². The third-order valence-corrected chi connectivity index (χ3v) is 6.48. The number of carboxylic acid groups (broad SMARTS) is 1. The lowest BCUT2D eigenvalue weighted by atomic mass is 9.87. The Hall–Kier alpha value is -3.22. The summed E-state index contributed by atoms with van der Waals surface area (Å²) in [6.45, 7) is 14.2. The molecule has 1 saturated heterocycles. The molecule has 7 nitrogen and oxygen atoms in total. The highest BCUT2D eigenvalue weighted by atomic mass is 16.5. The lowest BCUT2D eigenvalue weighted by Gasteiger charge is -2.23. The van der Waals surface area contributed by atoms with Gasteiger partial charge >= 0.3 is 12.0 Å². The monoisotopic (exact) mass is 496 g/mol. The van der Waals surface area contributed by atoms with Gasteiger partial charge in [-0.25, -0.2) is 9.59 Å². The number of aliphatic carboxylic acids is 1. The average molecular weight is 497 g/mol. The fourth-order valence-corrected chi connectivity index (χ4v) is 4.25. The summed E-state index contributed by atoms with van der Waals surface area (Å²) in [5, 5.41) is 9.22. The van der Waals surface area contributed by atoms with Crippen molar-refractivity contribution < 1.29 is 24.2 Å². The van der Waals surface area contributed by atoms with Crippen LogP contribution in [0.4, 0.5) is 4.79 Å². The Morgan fingerprint density at radius 2 is 1.61 bits per heavy atom. The van der Waals surface area contributed by atoms with Crippen LogP contribution in [0.25, 0.3) is 0 Å². The maximum atomic E-state index is 13.1. The van der Waals surface area contributed by atoms with E-state index in [0.717, 1.165) is 24.9 Å². The summed E-state index contributed by atoms with van der Waals surface area (Å²) in [7, 11) is 0. The first-order valence-electron chi connectivity index (χ1n) is 12.7. The third kappa shape index (κ3) is 6.93. The summed E-state index contributed by atoms with van der Waals surface area (Å²) in [5.74, 6) is 0.121. The van der Waals surface area contributed by atoms with Crippen molar-refractivity contribution in [1.82, 2.24) is 9.80 Å². The van der Waals surface area contributed by atoms with Gasteiger partial charge < -0.3 is 24.4 Å². The van der Waals surface area contributed by atoms with Crippen molar-refractivity contribution in [3.63, 3.8) is 0 Å². The molecule has 1 fully saturated rings. The van der Waals surface area contributed by atoms with Crippen LogP contribution in [0.5, 0.6) is 11.5 Å². The van der Waals surface area contributed by atoms with Gasteiger partial charge in [0.2, 0.25) is 0 Å². The highest BCUT2D eigenvalue weighted by molar-refractivity contribution is 5.77. The van der Waals surface area contributed by atoms with E-state index in [4.69, 9.17) is 9.47 Å². The zero-order chi connectivity index (χ0) is 26.5. The van der Waals surface area contributed by atoms with Crippen molar-refractivity contribution in [2.45, 2.75) is 78.0 Å². The number of nitrogens with zero attached hydrogens (tertiary/aromatic N) is 2. The van der Waals surface area contributed by atoms with E-state index in [-0.39, 0.29) is 17.5 Å². The van der Waals surface area contributed by atoms with Gasteiger partial charge in [0.25, 0.3) is 0 Å². The second-order valence-electron chi connectivity index (χ2n) is 11.0. The van der Waals surface area contributed by atoms with E-state index in [2.05, 4.69) is 52.0 Å². The van der Waals surface area contributed by atoms with Crippen molar-refractivity contribution in [3.8, 4) is 11.5 Å². The van der Waals surface area contributed by atoms with Crippen LogP contribution in [-0.2, 0) is 16.8 Å². The lowest BCUT2D eigenvalue weighted by molar-refractivity contribution is -0.152. The second-order valence-corrected chi connectivity index (χ2v) is 11.0. The molecule has 2 aromatic rings. The fourth-order valence-electron chi connectivity index (χ4n) is 4.25. The smallest absolute Gasteiger partial charge is 0.347 e. The van der Waals surface area contributed by atoms with Gasteiger partial charge in [-0.1, -0.05) is 52.0 Å². The zero-order valence-corrected chi connectivity index (χ0v) is 22.4. The number of carboxylic acids is 1. The molecular weight excluding hydrogens is 456 g/mol. The molecule has 1 N–H and O–H groups in total. The fraction of sp³-hybridized carbons (Fsp3) is 0.517. The summed E-state index contributed by atoms with van der Waals surface area (Å²) in [6.07, 6.45) is 1.64. The molecule has 0 saturated carbocycles. The van der Waals surface area contributed by atoms with Gasteiger partial charge in [-0.05, 0) is 61.1 Å². The Kier molecular flexibility index (Phi) is 8.54. The summed E-state index contributed by atoms with van der Waals surface area (Å²) in [6, 6.07) is 15.7. The van der Waals surface area contributed by atoms with Crippen molar-refractivity contribution in [1.29, 1.82) is 0 Å². The first-order chi connectivity index (χ1) is 16.9. The van der Waals surface area contributed by atoms with E-state index in [9.17, 15) is 14.7 Å². The maximum absolute atomic E-state index is 13.1. The van der Waals surface area contributed by atoms with Crippen molar-refractivity contribution in [2.75, 3.05) is 19.7 Å². The predicted molar refractivity (Wildman–Crippen MR) is 141 cm³/mol. The SMILES string of the molecule is CCCN1C(=O)N(Cc2ccc(C(C)(C)C)cc2)CC1CCOc1ccc(OC(C)(C)C(=O)O)cc1. The van der Waals surface area contributed by atoms with Gasteiger partial charge in [0.1, 0.15) is 11.5 Å². The van der Waals surface area contributed by atoms with Crippen LogP contribution < -0.4 is 9.47 Å². The van der Waals surface area contributed by atoms with E-state index in [0.29, 0.717) is 31.2 Å². The number of amides is 2. The van der Waals surface area contributed by atoms with Gasteiger partial charge in [-0.15, -0.1) is 0 Å². The van der Waals surface area contributed by atoms with Crippen molar-refractivity contribution in [3.05, 3.63) is 59.7 Å². The largest absolute Gasteiger partial charge is 0.494 e. The molecular formula is C29H40N2O5. The summed E-state index contributed by atoms with van der Waals surface area (Å²) in [4.78, 5) is 28.3. The van der Waals surface area contributed by atoms with Crippen LogP contribution >= 0.6 is 0 Å². The predicted octanol–water partition coefficient (Wildman–Crippen LogP) is 5.71. The molecule has 1 atom stereocenters. The third-order valence-electron chi connectivity index (χ3n) is 6.48. The molecule has 1 aliphatic heterocycles. The molecule has 1 aliphatic rings. The van der Waals surface area contributed by atoms with Crippen LogP contribution in [0, 0.1) is 0 Å². The minimum Gasteiger partial charge on any atom is -0.494 e. The Bertz CT molecular complexity index is 1030. The normalized spacial score (nSPS) is 16.4. The summed E-state index contributed by atoms with van der Waals surface area (Å²) in [5.41, 5.74) is 1.22. The Balaban J connectivity index is 1.55. The standard InChI is InChI=1S/C29H40N2O5/c1-7-17-31-23(16-18-35-24-12-14-25(15-13-24)36-29(5,6)26(32)33)20-30(27(31)34)19-21-8-10-22(11-9-21)28(2,3)4/h8-15,23H,7,16-20H2,1-6H3,(H,32,33).